The summed E-state index contributed by atoms with van der Waals surface area (Å²) in [6.07, 6.45) is 12.5. The Kier molecular flexibility index (Phi) is 8.28. The molecule has 1 aromatic carbocycles. The Morgan fingerprint density at radius 3 is 2.71 bits per heavy atom. The molecule has 1 heterocycles. The molecule has 1 N–H and O–H groups in total. The van der Waals surface area contributed by atoms with E-state index in [9.17, 15) is 4.79 Å². The van der Waals surface area contributed by atoms with Crippen molar-refractivity contribution in [2.75, 3.05) is 5.32 Å². The number of hydrogen-bond acceptors (Lipinski definition) is 3. The lowest BCUT2D eigenvalue weighted by Gasteiger charge is -2.44. The molecule has 1 amide bonds. The number of carbonyl (C=O) groups is 1. The Balaban J connectivity index is 1.53. The van der Waals surface area contributed by atoms with Crippen LogP contribution in [0.15, 0.2) is 36.5 Å². The van der Waals surface area contributed by atoms with Gasteiger partial charge < -0.3 is 4.74 Å². The van der Waals surface area contributed by atoms with E-state index in [1.165, 1.54) is 56.1 Å². The highest BCUT2D eigenvalue weighted by Gasteiger charge is 2.43. The van der Waals surface area contributed by atoms with Crippen molar-refractivity contribution < 1.29 is 9.53 Å². The van der Waals surface area contributed by atoms with Crippen molar-refractivity contribution in [3.63, 3.8) is 0 Å². The lowest BCUT2D eigenvalue weighted by atomic mass is 9.60. The maximum atomic E-state index is 12.6. The van der Waals surface area contributed by atoms with E-state index in [1.54, 1.807) is 12.3 Å². The zero-order chi connectivity index (χ0) is 24.1. The second kappa shape index (κ2) is 11.4. The first-order valence-electron chi connectivity index (χ1n) is 13.6. The molecular formula is C30H42N2O2. The number of hydrogen-bond donors (Lipinski definition) is 1. The van der Waals surface area contributed by atoms with Gasteiger partial charge in [0.15, 0.2) is 0 Å². The molecule has 34 heavy (non-hydrogen) atoms. The highest BCUT2D eigenvalue weighted by atomic mass is 16.6. The molecular weight excluding hydrogens is 420 g/mol. The van der Waals surface area contributed by atoms with E-state index in [0.29, 0.717) is 17.4 Å². The van der Waals surface area contributed by atoms with Crippen molar-refractivity contribution in [2.45, 2.75) is 91.4 Å². The molecule has 4 rings (SSSR count). The molecule has 0 spiro atoms. The SMILES string of the molecule is CCCC[C@@H]1Cc2cc(OC(=O)Nc3ccnc(CC)c3)ccc2[C@@H](CC)[C@@H]1[C@@H]1CCCC1C. The van der Waals surface area contributed by atoms with Crippen LogP contribution in [-0.2, 0) is 12.8 Å². The van der Waals surface area contributed by atoms with Gasteiger partial charge in [-0.3, -0.25) is 10.3 Å². The third-order valence-corrected chi connectivity index (χ3v) is 8.43. The molecule has 2 aliphatic carbocycles. The van der Waals surface area contributed by atoms with Crippen LogP contribution in [0.5, 0.6) is 5.75 Å². The lowest BCUT2D eigenvalue weighted by Crippen LogP contribution is -2.36. The first-order chi connectivity index (χ1) is 16.5. The van der Waals surface area contributed by atoms with E-state index < -0.39 is 6.09 Å². The number of amides is 1. The fraction of sp³-hybridized carbons (Fsp3) is 0.600. The van der Waals surface area contributed by atoms with Gasteiger partial charge in [-0.25, -0.2) is 4.79 Å². The Morgan fingerprint density at radius 1 is 1.15 bits per heavy atom. The fourth-order valence-electron chi connectivity index (χ4n) is 6.79. The monoisotopic (exact) mass is 462 g/mol. The van der Waals surface area contributed by atoms with E-state index in [-0.39, 0.29) is 0 Å². The average Bonchev–Trinajstić information content (AvgIpc) is 3.26. The van der Waals surface area contributed by atoms with E-state index >= 15 is 0 Å². The molecule has 2 aliphatic rings. The molecule has 4 nitrogen and oxygen atoms in total. The summed E-state index contributed by atoms with van der Waals surface area (Å²) in [5, 5.41) is 2.85. The third-order valence-electron chi connectivity index (χ3n) is 8.43. The van der Waals surface area contributed by atoms with Gasteiger partial charge in [0, 0.05) is 17.6 Å². The number of nitrogens with one attached hydrogen (secondary N) is 1. The first-order valence-corrected chi connectivity index (χ1v) is 13.6. The van der Waals surface area contributed by atoms with Gasteiger partial charge in [0.05, 0.1) is 0 Å². The Bertz CT molecular complexity index is 972. The molecule has 1 fully saturated rings. The van der Waals surface area contributed by atoms with Crippen molar-refractivity contribution in [2.24, 2.45) is 23.7 Å². The maximum absolute atomic E-state index is 12.6. The summed E-state index contributed by atoms with van der Waals surface area (Å²) in [7, 11) is 0. The number of aryl methyl sites for hydroxylation is 1. The fourth-order valence-corrected chi connectivity index (χ4v) is 6.79. The number of benzene rings is 1. The van der Waals surface area contributed by atoms with Crippen LogP contribution >= 0.6 is 0 Å². The van der Waals surface area contributed by atoms with Gasteiger partial charge in [-0.2, -0.15) is 0 Å². The van der Waals surface area contributed by atoms with Crippen LogP contribution in [0.3, 0.4) is 0 Å². The van der Waals surface area contributed by atoms with E-state index in [1.807, 2.05) is 19.1 Å². The number of carbonyl (C=O) groups excluding carboxylic acids is 1. The van der Waals surface area contributed by atoms with Crippen molar-refractivity contribution in [3.05, 3.63) is 53.3 Å². The van der Waals surface area contributed by atoms with Crippen LogP contribution < -0.4 is 10.1 Å². The molecule has 0 saturated heterocycles. The number of nitrogens with zero attached hydrogens (tertiary/aromatic N) is 1. The number of unbranched alkanes of at least 4 members (excludes halogenated alkanes) is 1. The number of pyridine rings is 1. The highest BCUT2D eigenvalue weighted by Crippen LogP contribution is 2.52. The largest absolute Gasteiger partial charge is 0.417 e. The van der Waals surface area contributed by atoms with Gasteiger partial charge in [-0.1, -0.05) is 59.4 Å². The number of anilines is 1. The first kappa shape index (κ1) is 24.8. The summed E-state index contributed by atoms with van der Waals surface area (Å²) in [5.74, 6) is 4.47. The minimum absolute atomic E-state index is 0.448. The predicted molar refractivity (Wildman–Crippen MR) is 139 cm³/mol. The van der Waals surface area contributed by atoms with E-state index in [0.717, 1.165) is 42.2 Å². The zero-order valence-corrected chi connectivity index (χ0v) is 21.5. The lowest BCUT2D eigenvalue weighted by molar-refractivity contribution is 0.130. The minimum Gasteiger partial charge on any atom is -0.410 e. The van der Waals surface area contributed by atoms with Gasteiger partial charge in [0.25, 0.3) is 0 Å². The molecule has 0 radical (unpaired) electrons. The number of rotatable bonds is 8. The van der Waals surface area contributed by atoms with E-state index in [4.69, 9.17) is 4.74 Å². The van der Waals surface area contributed by atoms with Crippen LogP contribution in [-0.4, -0.2) is 11.1 Å². The van der Waals surface area contributed by atoms with Gasteiger partial charge in [-0.15, -0.1) is 0 Å². The van der Waals surface area contributed by atoms with Crippen LogP contribution in [0.25, 0.3) is 0 Å². The topological polar surface area (TPSA) is 51.2 Å². The van der Waals surface area contributed by atoms with Crippen LogP contribution in [0.2, 0.25) is 0 Å². The quantitative estimate of drug-likeness (QED) is 0.430. The smallest absolute Gasteiger partial charge is 0.410 e. The molecule has 184 valence electrons. The Labute approximate surface area is 205 Å². The molecule has 4 heteroatoms. The summed E-state index contributed by atoms with van der Waals surface area (Å²) < 4.78 is 5.72. The molecule has 0 bridgehead atoms. The number of ether oxygens (including phenoxy) is 1. The van der Waals surface area contributed by atoms with Crippen LogP contribution in [0.4, 0.5) is 10.5 Å². The maximum Gasteiger partial charge on any atom is 0.417 e. The third kappa shape index (κ3) is 5.47. The van der Waals surface area contributed by atoms with Crippen molar-refractivity contribution >= 4 is 11.8 Å². The molecule has 1 aromatic heterocycles. The summed E-state index contributed by atoms with van der Waals surface area (Å²) in [6, 6.07) is 10.1. The van der Waals surface area contributed by atoms with Crippen molar-refractivity contribution in [1.82, 2.24) is 4.98 Å². The van der Waals surface area contributed by atoms with Gasteiger partial charge in [0.2, 0.25) is 0 Å². The summed E-state index contributed by atoms with van der Waals surface area (Å²) in [4.78, 5) is 16.9. The van der Waals surface area contributed by atoms with Crippen molar-refractivity contribution in [3.8, 4) is 5.75 Å². The standard InChI is InChI=1S/C30H42N2O2/c1-5-8-11-21-17-22-18-25(34-30(33)32-24-15-16-31-23(6-2)19-24)13-14-28(22)26(7-3)29(21)27-12-9-10-20(27)4/h13-16,18-21,26-27,29H,5-12,17H2,1-4H3,(H,31,32,33)/t20?,21-,26-,27-,29-/m1/s1. The van der Waals surface area contributed by atoms with Gasteiger partial charge >= 0.3 is 6.09 Å². The van der Waals surface area contributed by atoms with Crippen LogP contribution in [0.1, 0.15) is 95.4 Å². The number of fused-ring (bicyclic) bond motifs is 1. The molecule has 1 saturated carbocycles. The molecule has 5 atom stereocenters. The number of aromatic nitrogens is 1. The Morgan fingerprint density at radius 2 is 2.00 bits per heavy atom. The normalized spacial score (nSPS) is 26.2. The minimum atomic E-state index is -0.448. The highest BCUT2D eigenvalue weighted by molar-refractivity contribution is 5.86. The molecule has 2 aromatic rings. The molecule has 1 unspecified atom stereocenters. The molecule has 0 aliphatic heterocycles. The van der Waals surface area contributed by atoms with Crippen LogP contribution in [0, 0.1) is 23.7 Å². The average molecular weight is 463 g/mol. The van der Waals surface area contributed by atoms with Gasteiger partial charge in [0.1, 0.15) is 5.75 Å². The second-order valence-corrected chi connectivity index (χ2v) is 10.5. The van der Waals surface area contributed by atoms with E-state index in [2.05, 4.69) is 43.2 Å². The summed E-state index contributed by atoms with van der Waals surface area (Å²) >= 11 is 0. The predicted octanol–water partition coefficient (Wildman–Crippen LogP) is 8.16. The van der Waals surface area contributed by atoms with Crippen molar-refractivity contribution in [1.29, 1.82) is 0 Å². The summed E-state index contributed by atoms with van der Waals surface area (Å²) in [5.41, 5.74) is 4.54. The summed E-state index contributed by atoms with van der Waals surface area (Å²) in [6.45, 7) is 9.20. The Hall–Kier alpha value is -2.36. The second-order valence-electron chi connectivity index (χ2n) is 10.5. The zero-order valence-electron chi connectivity index (χ0n) is 21.5. The van der Waals surface area contributed by atoms with Gasteiger partial charge in [-0.05, 0) is 97.1 Å².